The number of methoxy groups -OCH3 is 1. The van der Waals surface area contributed by atoms with Crippen molar-refractivity contribution in [3.8, 4) is 0 Å². The van der Waals surface area contributed by atoms with Gasteiger partial charge in [-0.3, -0.25) is 0 Å². The lowest BCUT2D eigenvalue weighted by Gasteiger charge is -2.48. The first-order valence-corrected chi connectivity index (χ1v) is 10.5. The van der Waals surface area contributed by atoms with E-state index in [1.54, 1.807) is 6.92 Å². The van der Waals surface area contributed by atoms with Crippen LogP contribution in [-0.4, -0.2) is 135 Å². The van der Waals surface area contributed by atoms with Crippen LogP contribution in [0, 0.1) is 0 Å². The van der Waals surface area contributed by atoms with E-state index in [4.69, 9.17) is 28.4 Å². The summed E-state index contributed by atoms with van der Waals surface area (Å²) < 4.78 is 33.2. The van der Waals surface area contributed by atoms with Gasteiger partial charge in [-0.15, -0.1) is 0 Å². The zero-order chi connectivity index (χ0) is 23.9. The summed E-state index contributed by atoms with van der Waals surface area (Å²) in [5.41, 5.74) is 0. The summed E-state index contributed by atoms with van der Waals surface area (Å²) in [6.07, 6.45) is -19.7. The van der Waals surface area contributed by atoms with Crippen molar-refractivity contribution in [3.05, 3.63) is 0 Å². The Bertz CT molecular complexity index is 608. The fraction of sp³-hybridized carbons (Fsp3) is 1.00. The Labute approximate surface area is 185 Å². The van der Waals surface area contributed by atoms with Crippen LogP contribution >= 0.6 is 0 Å². The van der Waals surface area contributed by atoms with E-state index >= 15 is 0 Å². The summed E-state index contributed by atoms with van der Waals surface area (Å²) in [7, 11) is 1.31. The van der Waals surface area contributed by atoms with Crippen LogP contribution in [0.25, 0.3) is 0 Å². The Hall–Kier alpha value is -0.520. The van der Waals surface area contributed by atoms with Crippen molar-refractivity contribution in [2.75, 3.05) is 7.11 Å². The molecule has 3 saturated heterocycles. The van der Waals surface area contributed by atoms with Crippen LogP contribution in [0.1, 0.15) is 20.8 Å². The molecular formula is C19H34O13. The van der Waals surface area contributed by atoms with Crippen LogP contribution in [0.3, 0.4) is 0 Å². The topological polar surface area (TPSA) is 197 Å². The van der Waals surface area contributed by atoms with Crippen LogP contribution < -0.4 is 0 Å². The molecule has 0 radical (unpaired) electrons. The number of hydrogen-bond acceptors (Lipinski definition) is 13. The van der Waals surface area contributed by atoms with Gasteiger partial charge < -0.3 is 64.2 Å². The van der Waals surface area contributed by atoms with E-state index in [1.165, 1.54) is 21.0 Å². The second-order valence-electron chi connectivity index (χ2n) is 8.50. The fourth-order valence-electron chi connectivity index (χ4n) is 4.03. The quantitative estimate of drug-likeness (QED) is 0.206. The molecule has 0 aromatic carbocycles. The maximum Gasteiger partial charge on any atom is 0.187 e. The van der Waals surface area contributed by atoms with Crippen molar-refractivity contribution in [3.63, 3.8) is 0 Å². The Balaban J connectivity index is 1.81. The van der Waals surface area contributed by atoms with Crippen molar-refractivity contribution in [2.45, 2.75) is 113 Å². The summed E-state index contributed by atoms with van der Waals surface area (Å²) in [5, 5.41) is 71.7. The molecule has 0 aromatic rings. The normalized spacial score (nSPS) is 55.0. The maximum absolute atomic E-state index is 10.6. The highest BCUT2D eigenvalue weighted by Gasteiger charge is 2.52. The minimum atomic E-state index is -1.68. The third kappa shape index (κ3) is 4.95. The molecule has 13 nitrogen and oxygen atoms in total. The van der Waals surface area contributed by atoms with E-state index in [2.05, 4.69) is 0 Å². The standard InChI is InChI=1S/C19H34O13/c1-5-8(20)11(23)14(26)17(28-5)31-16-13(25)10(22)7(3)30-19(16)32-15-12(24)9(21)6(2)29-18(15)27-4/h5-26H,1-4H3. The second-order valence-corrected chi connectivity index (χ2v) is 8.50. The molecule has 3 heterocycles. The largest absolute Gasteiger partial charge is 0.388 e. The average Bonchev–Trinajstić information content (AvgIpc) is 2.76. The molecule has 3 aliphatic heterocycles. The van der Waals surface area contributed by atoms with E-state index in [0.29, 0.717) is 0 Å². The SMILES string of the molecule is COC1OC(C)C(O)C(O)C1OC1OC(C)C(O)C(O)C1OC1OC(C)C(O)C(O)C1O. The zero-order valence-electron chi connectivity index (χ0n) is 18.2. The van der Waals surface area contributed by atoms with Crippen LogP contribution in [0.2, 0.25) is 0 Å². The Morgan fingerprint density at radius 3 is 1.34 bits per heavy atom. The lowest BCUT2D eigenvalue weighted by atomic mass is 9.97. The number of aliphatic hydroxyl groups is 7. The van der Waals surface area contributed by atoms with E-state index in [0.717, 1.165) is 0 Å². The average molecular weight is 470 g/mol. The van der Waals surface area contributed by atoms with Gasteiger partial charge in [0.15, 0.2) is 18.9 Å². The van der Waals surface area contributed by atoms with E-state index in [-0.39, 0.29) is 0 Å². The van der Waals surface area contributed by atoms with Crippen LogP contribution in [0.15, 0.2) is 0 Å². The second kappa shape index (κ2) is 10.4. The maximum atomic E-state index is 10.6. The molecule has 0 spiro atoms. The van der Waals surface area contributed by atoms with Crippen LogP contribution in [0.5, 0.6) is 0 Å². The highest BCUT2D eigenvalue weighted by Crippen LogP contribution is 2.32. The number of hydrogen-bond donors (Lipinski definition) is 7. The first kappa shape index (κ1) is 26.1. The molecule has 32 heavy (non-hydrogen) atoms. The molecule has 13 heteroatoms. The first-order valence-electron chi connectivity index (χ1n) is 10.5. The van der Waals surface area contributed by atoms with Gasteiger partial charge in [0, 0.05) is 7.11 Å². The van der Waals surface area contributed by atoms with Gasteiger partial charge in [0.2, 0.25) is 0 Å². The van der Waals surface area contributed by atoms with Crippen LogP contribution in [0.4, 0.5) is 0 Å². The smallest absolute Gasteiger partial charge is 0.187 e. The molecule has 3 rings (SSSR count). The number of aliphatic hydroxyl groups excluding tert-OH is 7. The molecule has 3 fully saturated rings. The van der Waals surface area contributed by atoms with Crippen molar-refractivity contribution >= 4 is 0 Å². The van der Waals surface area contributed by atoms with Crippen molar-refractivity contribution < 1.29 is 64.2 Å². The van der Waals surface area contributed by atoms with E-state index in [1.807, 2.05) is 0 Å². The zero-order valence-corrected chi connectivity index (χ0v) is 18.2. The molecule has 15 unspecified atom stereocenters. The summed E-state index contributed by atoms with van der Waals surface area (Å²) in [6.45, 7) is 4.48. The Morgan fingerprint density at radius 1 is 0.469 bits per heavy atom. The predicted molar refractivity (Wildman–Crippen MR) is 102 cm³/mol. The lowest BCUT2D eigenvalue weighted by molar-refractivity contribution is -0.387. The van der Waals surface area contributed by atoms with Gasteiger partial charge in [-0.05, 0) is 20.8 Å². The highest BCUT2D eigenvalue weighted by atomic mass is 16.8. The van der Waals surface area contributed by atoms with Gasteiger partial charge in [0.1, 0.15) is 54.9 Å². The molecule has 3 aliphatic rings. The monoisotopic (exact) mass is 470 g/mol. The first-order chi connectivity index (χ1) is 15.0. The molecule has 0 bridgehead atoms. The van der Waals surface area contributed by atoms with Gasteiger partial charge in [-0.2, -0.15) is 0 Å². The molecule has 7 N–H and O–H groups in total. The predicted octanol–water partition coefficient (Wildman–Crippen LogP) is -3.84. The number of rotatable bonds is 5. The van der Waals surface area contributed by atoms with Crippen molar-refractivity contribution in [1.82, 2.24) is 0 Å². The lowest BCUT2D eigenvalue weighted by Crippen LogP contribution is -2.65. The van der Waals surface area contributed by atoms with Crippen molar-refractivity contribution in [1.29, 1.82) is 0 Å². The molecule has 0 saturated carbocycles. The van der Waals surface area contributed by atoms with Crippen LogP contribution in [-0.2, 0) is 28.4 Å². The minimum Gasteiger partial charge on any atom is -0.388 e. The Morgan fingerprint density at radius 2 is 0.844 bits per heavy atom. The molecule has 188 valence electrons. The van der Waals surface area contributed by atoms with Gasteiger partial charge >= 0.3 is 0 Å². The summed E-state index contributed by atoms with van der Waals surface area (Å²) in [6, 6.07) is 0. The fourth-order valence-corrected chi connectivity index (χ4v) is 4.03. The molecular weight excluding hydrogens is 436 g/mol. The molecule has 0 aromatic heterocycles. The highest BCUT2D eigenvalue weighted by molar-refractivity contribution is 4.94. The van der Waals surface area contributed by atoms with Gasteiger partial charge in [-0.25, -0.2) is 0 Å². The number of ether oxygens (including phenoxy) is 6. The summed E-state index contributed by atoms with van der Waals surface area (Å²) in [4.78, 5) is 0. The Kier molecular flexibility index (Phi) is 8.48. The van der Waals surface area contributed by atoms with E-state index < -0.39 is 92.1 Å². The third-order valence-corrected chi connectivity index (χ3v) is 6.19. The third-order valence-electron chi connectivity index (χ3n) is 6.19. The minimum absolute atomic E-state index is 0.749. The summed E-state index contributed by atoms with van der Waals surface area (Å²) >= 11 is 0. The van der Waals surface area contributed by atoms with Gasteiger partial charge in [-0.1, -0.05) is 0 Å². The van der Waals surface area contributed by atoms with Gasteiger partial charge in [0.05, 0.1) is 18.3 Å². The molecule has 15 atom stereocenters. The van der Waals surface area contributed by atoms with Crippen molar-refractivity contribution in [2.24, 2.45) is 0 Å². The van der Waals surface area contributed by atoms with Gasteiger partial charge in [0.25, 0.3) is 0 Å². The van der Waals surface area contributed by atoms with E-state index in [9.17, 15) is 35.7 Å². The molecule has 0 aliphatic carbocycles. The molecule has 0 amide bonds. The summed E-state index contributed by atoms with van der Waals surface area (Å²) in [5.74, 6) is 0.